The van der Waals surface area contributed by atoms with Gasteiger partial charge in [-0.05, 0) is 22.4 Å². The monoisotopic (exact) mass is 103 g/mol. The Kier molecular flexibility index (Phi) is 3.35. The van der Waals surface area contributed by atoms with Gasteiger partial charge in [-0.1, -0.05) is 6.92 Å². The SMILES string of the molecule is CCC(C)N=P. The van der Waals surface area contributed by atoms with E-state index in [1.165, 1.54) is 0 Å². The van der Waals surface area contributed by atoms with Crippen molar-refractivity contribution in [2.75, 3.05) is 0 Å². The van der Waals surface area contributed by atoms with Crippen molar-refractivity contribution >= 4 is 9.03 Å². The van der Waals surface area contributed by atoms with Gasteiger partial charge in [-0.25, -0.2) is 0 Å². The van der Waals surface area contributed by atoms with E-state index in [4.69, 9.17) is 0 Å². The molecule has 36 valence electrons. The van der Waals surface area contributed by atoms with Gasteiger partial charge in [0.05, 0.1) is 6.04 Å². The third kappa shape index (κ3) is 2.34. The molecule has 0 aromatic heterocycles. The molecule has 0 bridgehead atoms. The van der Waals surface area contributed by atoms with Gasteiger partial charge >= 0.3 is 0 Å². The minimum Gasteiger partial charge on any atom is -0.269 e. The molecule has 0 aromatic rings. The minimum atomic E-state index is 0.474. The highest BCUT2D eigenvalue weighted by atomic mass is 31.0. The lowest BCUT2D eigenvalue weighted by Gasteiger charge is -1.93. The molecular weight excluding hydrogens is 93.0 g/mol. The Labute approximate surface area is 41.1 Å². The van der Waals surface area contributed by atoms with Gasteiger partial charge in [0, 0.05) is 0 Å². The van der Waals surface area contributed by atoms with Crippen LogP contribution in [0, 0.1) is 0 Å². The van der Waals surface area contributed by atoms with Crippen LogP contribution in [0.15, 0.2) is 4.74 Å². The van der Waals surface area contributed by atoms with Crippen LogP contribution in [0.5, 0.6) is 0 Å². The quantitative estimate of drug-likeness (QED) is 0.474. The Morgan fingerprint density at radius 3 is 2.33 bits per heavy atom. The number of hydrogen-bond donors (Lipinski definition) is 0. The highest BCUT2D eigenvalue weighted by molar-refractivity contribution is 7.04. The Hall–Kier alpha value is 0.100. The van der Waals surface area contributed by atoms with Crippen LogP contribution in [0.25, 0.3) is 0 Å². The summed E-state index contributed by atoms with van der Waals surface area (Å²) >= 11 is 0. The van der Waals surface area contributed by atoms with E-state index >= 15 is 0 Å². The standard InChI is InChI=1S/C4H10NP/c1-3-4(2)5-6/h4,6H,3H2,1-2H3. The molecule has 0 spiro atoms. The van der Waals surface area contributed by atoms with Crippen LogP contribution >= 0.6 is 9.03 Å². The maximum Gasteiger partial charge on any atom is 0.0509 e. The third-order valence-corrected chi connectivity index (χ3v) is 1.25. The van der Waals surface area contributed by atoms with E-state index in [9.17, 15) is 0 Å². The summed E-state index contributed by atoms with van der Waals surface area (Å²) in [6, 6.07) is 0.474. The van der Waals surface area contributed by atoms with Crippen LogP contribution in [-0.4, -0.2) is 6.04 Å². The topological polar surface area (TPSA) is 12.4 Å². The van der Waals surface area contributed by atoms with E-state index in [1.54, 1.807) is 0 Å². The van der Waals surface area contributed by atoms with Crippen molar-refractivity contribution < 1.29 is 0 Å². The van der Waals surface area contributed by atoms with E-state index in [2.05, 4.69) is 27.6 Å². The smallest absolute Gasteiger partial charge is 0.0509 e. The first-order valence-corrected chi connectivity index (χ1v) is 2.62. The maximum absolute atomic E-state index is 3.81. The second-order valence-electron chi connectivity index (χ2n) is 1.39. The van der Waals surface area contributed by atoms with Gasteiger partial charge in [0.25, 0.3) is 0 Å². The third-order valence-electron chi connectivity index (χ3n) is 0.811. The Morgan fingerprint density at radius 1 is 1.83 bits per heavy atom. The molecule has 0 aliphatic rings. The summed E-state index contributed by atoms with van der Waals surface area (Å²) in [4.78, 5) is 0. The fourth-order valence-corrected chi connectivity index (χ4v) is 0.274. The summed E-state index contributed by atoms with van der Waals surface area (Å²) in [5.74, 6) is 0. The van der Waals surface area contributed by atoms with Crippen molar-refractivity contribution in [3.63, 3.8) is 0 Å². The lowest BCUT2D eigenvalue weighted by molar-refractivity contribution is 0.728. The van der Waals surface area contributed by atoms with Crippen molar-refractivity contribution in [3.05, 3.63) is 0 Å². The van der Waals surface area contributed by atoms with Crippen molar-refractivity contribution in [1.82, 2.24) is 0 Å². The first-order chi connectivity index (χ1) is 2.81. The molecule has 2 heteroatoms. The average Bonchev–Trinajstić information content (AvgIpc) is 1.65. The van der Waals surface area contributed by atoms with E-state index in [0.717, 1.165) is 6.42 Å². The van der Waals surface area contributed by atoms with Gasteiger partial charge < -0.3 is 0 Å². The first-order valence-electron chi connectivity index (χ1n) is 2.17. The van der Waals surface area contributed by atoms with Gasteiger partial charge in [-0.15, -0.1) is 0 Å². The van der Waals surface area contributed by atoms with Crippen LogP contribution in [0.3, 0.4) is 0 Å². The average molecular weight is 103 g/mol. The highest BCUT2D eigenvalue weighted by Crippen LogP contribution is 1.94. The fourth-order valence-electron chi connectivity index (χ4n) is 0.0913. The van der Waals surface area contributed by atoms with Crippen LogP contribution in [0.4, 0.5) is 0 Å². The molecule has 0 rings (SSSR count). The number of hydrogen-bond acceptors (Lipinski definition) is 1. The molecule has 1 atom stereocenters. The van der Waals surface area contributed by atoms with Crippen molar-refractivity contribution in [2.45, 2.75) is 26.3 Å². The van der Waals surface area contributed by atoms with E-state index < -0.39 is 0 Å². The van der Waals surface area contributed by atoms with E-state index in [1.807, 2.05) is 0 Å². The van der Waals surface area contributed by atoms with Crippen LogP contribution in [0.1, 0.15) is 20.3 Å². The zero-order valence-corrected chi connectivity index (χ0v) is 5.23. The summed E-state index contributed by atoms with van der Waals surface area (Å²) in [5, 5.41) is 0. The second kappa shape index (κ2) is 3.30. The Morgan fingerprint density at radius 2 is 2.33 bits per heavy atom. The second-order valence-corrected chi connectivity index (χ2v) is 1.64. The Balaban J connectivity index is 2.96. The molecule has 0 aromatic carbocycles. The lowest BCUT2D eigenvalue weighted by atomic mass is 10.3. The molecule has 0 heterocycles. The normalized spacial score (nSPS) is 13.7. The summed E-state index contributed by atoms with van der Waals surface area (Å²) in [7, 11) is 3.04. The summed E-state index contributed by atoms with van der Waals surface area (Å²) in [6.07, 6.45) is 1.11. The predicted molar refractivity (Wildman–Crippen MR) is 30.5 cm³/mol. The fraction of sp³-hybridized carbons (Fsp3) is 1.00. The number of rotatable bonds is 2. The molecule has 0 saturated carbocycles. The molecule has 1 unspecified atom stereocenters. The molecule has 0 aliphatic carbocycles. The molecule has 6 heavy (non-hydrogen) atoms. The van der Waals surface area contributed by atoms with Crippen LogP contribution in [0.2, 0.25) is 0 Å². The van der Waals surface area contributed by atoms with Gasteiger partial charge in [-0.3, -0.25) is 4.74 Å². The van der Waals surface area contributed by atoms with Crippen molar-refractivity contribution in [1.29, 1.82) is 0 Å². The predicted octanol–water partition coefficient (Wildman–Crippen LogP) is 2.11. The lowest BCUT2D eigenvalue weighted by Crippen LogP contribution is -1.88. The molecule has 0 N–H and O–H groups in total. The summed E-state index contributed by atoms with van der Waals surface area (Å²) in [5.41, 5.74) is 0. The molecule has 0 radical (unpaired) electrons. The summed E-state index contributed by atoms with van der Waals surface area (Å²) in [6.45, 7) is 4.17. The van der Waals surface area contributed by atoms with E-state index in [-0.39, 0.29) is 0 Å². The van der Waals surface area contributed by atoms with Crippen molar-refractivity contribution in [3.8, 4) is 0 Å². The Bertz CT molecular complexity index is 44.8. The number of nitrogens with zero attached hydrogens (tertiary/aromatic N) is 1. The zero-order chi connectivity index (χ0) is 4.99. The molecule has 0 aliphatic heterocycles. The van der Waals surface area contributed by atoms with Gasteiger partial charge in [-0.2, -0.15) is 0 Å². The molecular formula is C4H10NP. The van der Waals surface area contributed by atoms with Crippen LogP contribution < -0.4 is 0 Å². The van der Waals surface area contributed by atoms with Gasteiger partial charge in [0.1, 0.15) is 0 Å². The van der Waals surface area contributed by atoms with Crippen molar-refractivity contribution in [2.24, 2.45) is 4.74 Å². The zero-order valence-electron chi connectivity index (χ0n) is 4.23. The maximum atomic E-state index is 3.81. The van der Waals surface area contributed by atoms with Crippen LogP contribution in [-0.2, 0) is 0 Å². The largest absolute Gasteiger partial charge is 0.269 e. The highest BCUT2D eigenvalue weighted by Gasteiger charge is 1.85. The molecule has 1 nitrogen and oxygen atoms in total. The van der Waals surface area contributed by atoms with Gasteiger partial charge in [0.2, 0.25) is 0 Å². The van der Waals surface area contributed by atoms with Gasteiger partial charge in [0.15, 0.2) is 0 Å². The van der Waals surface area contributed by atoms with E-state index in [0.29, 0.717) is 6.04 Å². The summed E-state index contributed by atoms with van der Waals surface area (Å²) < 4.78 is 3.81. The molecule has 0 fully saturated rings. The molecule has 0 saturated heterocycles. The molecule has 0 amide bonds. The minimum absolute atomic E-state index is 0.474. The first kappa shape index (κ1) is 6.10.